The third-order valence-electron chi connectivity index (χ3n) is 5.15. The van der Waals surface area contributed by atoms with E-state index in [0.29, 0.717) is 6.04 Å². The Kier molecular flexibility index (Phi) is 4.90. The molecule has 0 spiro atoms. The van der Waals surface area contributed by atoms with Crippen LogP contribution in [-0.2, 0) is 0 Å². The summed E-state index contributed by atoms with van der Waals surface area (Å²) < 4.78 is 0. The van der Waals surface area contributed by atoms with Gasteiger partial charge in [0, 0.05) is 6.04 Å². The smallest absolute Gasteiger partial charge is 0.00700 e. The highest BCUT2D eigenvalue weighted by Gasteiger charge is 2.29. The lowest BCUT2D eigenvalue weighted by Crippen LogP contribution is -2.37. The quantitative estimate of drug-likeness (QED) is 0.775. The number of hydrogen-bond acceptors (Lipinski definition) is 1. The molecule has 0 saturated heterocycles. The van der Waals surface area contributed by atoms with Gasteiger partial charge in [0.2, 0.25) is 0 Å². The van der Waals surface area contributed by atoms with Crippen LogP contribution in [0.3, 0.4) is 0 Å². The van der Waals surface area contributed by atoms with Crippen molar-refractivity contribution in [3.63, 3.8) is 0 Å². The van der Waals surface area contributed by atoms with Gasteiger partial charge in [0.25, 0.3) is 0 Å². The summed E-state index contributed by atoms with van der Waals surface area (Å²) in [7, 11) is 0. The van der Waals surface area contributed by atoms with Crippen LogP contribution in [-0.4, -0.2) is 6.04 Å². The van der Waals surface area contributed by atoms with Gasteiger partial charge in [-0.2, -0.15) is 0 Å². The second-order valence-electron chi connectivity index (χ2n) is 7.08. The summed E-state index contributed by atoms with van der Waals surface area (Å²) in [6, 6.07) is 0.489. The number of rotatable bonds is 3. The van der Waals surface area contributed by atoms with Crippen molar-refractivity contribution in [3.05, 3.63) is 0 Å². The first-order chi connectivity index (χ1) is 8.15. The third-order valence-corrected chi connectivity index (χ3v) is 5.15. The van der Waals surface area contributed by atoms with E-state index in [2.05, 4.69) is 13.8 Å². The van der Waals surface area contributed by atoms with Crippen LogP contribution in [0.1, 0.15) is 71.6 Å². The highest BCUT2D eigenvalue weighted by Crippen LogP contribution is 2.37. The van der Waals surface area contributed by atoms with Gasteiger partial charge in [-0.1, -0.05) is 46.0 Å². The molecule has 0 amide bonds. The second-order valence-corrected chi connectivity index (χ2v) is 7.08. The Hall–Kier alpha value is -0.0400. The van der Waals surface area contributed by atoms with E-state index in [9.17, 15) is 0 Å². The fourth-order valence-electron chi connectivity index (χ4n) is 4.36. The van der Waals surface area contributed by atoms with E-state index in [-0.39, 0.29) is 0 Å². The van der Waals surface area contributed by atoms with Gasteiger partial charge in [0.05, 0.1) is 0 Å². The molecule has 0 heterocycles. The standard InChI is InChI=1S/C16H31N/c1-12-8-13(2)10-15(9-12)16(17)11-14-6-4-3-5-7-14/h12-16H,3-11,17H2,1-2H3. The summed E-state index contributed by atoms with van der Waals surface area (Å²) in [5, 5.41) is 0. The number of nitrogens with two attached hydrogens (primary N) is 1. The maximum absolute atomic E-state index is 6.50. The summed E-state index contributed by atoms with van der Waals surface area (Å²) >= 11 is 0. The van der Waals surface area contributed by atoms with Crippen molar-refractivity contribution < 1.29 is 0 Å². The molecule has 2 fully saturated rings. The van der Waals surface area contributed by atoms with Gasteiger partial charge in [0.15, 0.2) is 0 Å². The topological polar surface area (TPSA) is 26.0 Å². The van der Waals surface area contributed by atoms with Crippen LogP contribution >= 0.6 is 0 Å². The molecular formula is C16H31N. The monoisotopic (exact) mass is 237 g/mol. The average Bonchev–Trinajstić information content (AvgIpc) is 2.29. The van der Waals surface area contributed by atoms with Crippen LogP contribution in [0, 0.1) is 23.7 Å². The van der Waals surface area contributed by atoms with Crippen LogP contribution in [0.5, 0.6) is 0 Å². The summed E-state index contributed by atoms with van der Waals surface area (Å²) in [4.78, 5) is 0. The zero-order valence-electron chi connectivity index (χ0n) is 11.8. The molecule has 0 radical (unpaired) electrons. The molecule has 100 valence electrons. The Balaban J connectivity index is 1.79. The van der Waals surface area contributed by atoms with E-state index in [0.717, 1.165) is 23.7 Å². The van der Waals surface area contributed by atoms with Crippen molar-refractivity contribution in [1.82, 2.24) is 0 Å². The van der Waals surface area contributed by atoms with Crippen molar-refractivity contribution in [2.45, 2.75) is 77.7 Å². The maximum atomic E-state index is 6.50. The molecule has 3 atom stereocenters. The van der Waals surface area contributed by atoms with Gasteiger partial charge >= 0.3 is 0 Å². The van der Waals surface area contributed by atoms with E-state index in [4.69, 9.17) is 5.73 Å². The first-order valence-corrected chi connectivity index (χ1v) is 7.90. The minimum absolute atomic E-state index is 0.489. The highest BCUT2D eigenvalue weighted by atomic mass is 14.7. The van der Waals surface area contributed by atoms with E-state index in [1.807, 2.05) is 0 Å². The van der Waals surface area contributed by atoms with Crippen LogP contribution in [0.25, 0.3) is 0 Å². The van der Waals surface area contributed by atoms with Crippen molar-refractivity contribution in [1.29, 1.82) is 0 Å². The summed E-state index contributed by atoms with van der Waals surface area (Å²) in [5.41, 5.74) is 6.50. The lowest BCUT2D eigenvalue weighted by atomic mass is 9.71. The summed E-state index contributed by atoms with van der Waals surface area (Å²) in [6.07, 6.45) is 12.8. The van der Waals surface area contributed by atoms with Crippen molar-refractivity contribution >= 4 is 0 Å². The van der Waals surface area contributed by atoms with Gasteiger partial charge in [0.1, 0.15) is 0 Å². The Morgan fingerprint density at radius 3 is 2.12 bits per heavy atom. The van der Waals surface area contributed by atoms with Crippen molar-refractivity contribution in [2.75, 3.05) is 0 Å². The first kappa shape index (κ1) is 13.4. The number of hydrogen-bond donors (Lipinski definition) is 1. The molecule has 2 rings (SSSR count). The normalized spacial score (nSPS) is 37.9. The molecule has 2 aliphatic rings. The lowest BCUT2D eigenvalue weighted by molar-refractivity contribution is 0.172. The SMILES string of the molecule is CC1CC(C)CC(C(N)CC2CCCCC2)C1. The molecule has 2 saturated carbocycles. The molecule has 3 unspecified atom stereocenters. The largest absolute Gasteiger partial charge is 0.327 e. The molecule has 1 nitrogen and oxygen atoms in total. The summed E-state index contributed by atoms with van der Waals surface area (Å²) in [6.45, 7) is 4.83. The Morgan fingerprint density at radius 1 is 0.941 bits per heavy atom. The predicted octanol–water partition coefficient (Wildman–Crippen LogP) is 4.36. The average molecular weight is 237 g/mol. The molecule has 0 aromatic heterocycles. The molecule has 2 N–H and O–H groups in total. The van der Waals surface area contributed by atoms with E-state index >= 15 is 0 Å². The van der Waals surface area contributed by atoms with Crippen LogP contribution < -0.4 is 5.73 Å². The fraction of sp³-hybridized carbons (Fsp3) is 1.00. The Bertz CT molecular complexity index is 210. The molecule has 0 bridgehead atoms. The van der Waals surface area contributed by atoms with Gasteiger partial charge in [-0.05, 0) is 49.4 Å². The fourth-order valence-corrected chi connectivity index (χ4v) is 4.36. The minimum atomic E-state index is 0.489. The zero-order chi connectivity index (χ0) is 12.3. The van der Waals surface area contributed by atoms with Gasteiger partial charge in [-0.15, -0.1) is 0 Å². The van der Waals surface area contributed by atoms with E-state index in [1.165, 1.54) is 57.8 Å². The maximum Gasteiger partial charge on any atom is 0.00700 e. The Morgan fingerprint density at radius 2 is 1.53 bits per heavy atom. The second kappa shape index (κ2) is 6.22. The van der Waals surface area contributed by atoms with Crippen LogP contribution in [0.15, 0.2) is 0 Å². The van der Waals surface area contributed by atoms with Crippen LogP contribution in [0.2, 0.25) is 0 Å². The van der Waals surface area contributed by atoms with Crippen molar-refractivity contribution in [3.8, 4) is 0 Å². The van der Waals surface area contributed by atoms with Crippen LogP contribution in [0.4, 0.5) is 0 Å². The summed E-state index contributed by atoms with van der Waals surface area (Å²) in [5.74, 6) is 3.57. The molecule has 0 aromatic carbocycles. The molecule has 0 aliphatic heterocycles. The molecular weight excluding hydrogens is 206 g/mol. The first-order valence-electron chi connectivity index (χ1n) is 7.90. The predicted molar refractivity (Wildman–Crippen MR) is 74.8 cm³/mol. The molecule has 17 heavy (non-hydrogen) atoms. The van der Waals surface area contributed by atoms with E-state index in [1.54, 1.807) is 0 Å². The van der Waals surface area contributed by atoms with Crippen molar-refractivity contribution in [2.24, 2.45) is 29.4 Å². The third kappa shape index (κ3) is 3.98. The zero-order valence-corrected chi connectivity index (χ0v) is 11.8. The van der Waals surface area contributed by atoms with E-state index < -0.39 is 0 Å². The molecule has 0 aromatic rings. The Labute approximate surface area is 108 Å². The van der Waals surface area contributed by atoms with Gasteiger partial charge in [-0.25, -0.2) is 0 Å². The lowest BCUT2D eigenvalue weighted by Gasteiger charge is -2.36. The minimum Gasteiger partial charge on any atom is -0.327 e. The van der Waals surface area contributed by atoms with Gasteiger partial charge in [-0.3, -0.25) is 0 Å². The molecule has 1 heteroatoms. The highest BCUT2D eigenvalue weighted by molar-refractivity contribution is 4.84. The van der Waals surface area contributed by atoms with Gasteiger partial charge < -0.3 is 5.73 Å². The molecule has 2 aliphatic carbocycles.